The summed E-state index contributed by atoms with van der Waals surface area (Å²) in [5, 5.41) is 8.85. The standard InChI is InChI=1S/C11H17NO4/c1-2-11(3-4-11)10(15)12-5-6-16-8(7-12)9(13)14/h8H,2-7H2,1H3,(H,13,14). The van der Waals surface area contributed by atoms with Crippen molar-refractivity contribution in [2.45, 2.75) is 32.3 Å². The highest BCUT2D eigenvalue weighted by atomic mass is 16.5. The maximum absolute atomic E-state index is 12.2. The molecule has 0 aromatic rings. The van der Waals surface area contributed by atoms with Crippen molar-refractivity contribution in [1.82, 2.24) is 4.90 Å². The Hall–Kier alpha value is -1.10. The molecule has 0 radical (unpaired) electrons. The van der Waals surface area contributed by atoms with Crippen LogP contribution in [0.4, 0.5) is 0 Å². The highest BCUT2D eigenvalue weighted by Crippen LogP contribution is 2.50. The fourth-order valence-corrected chi connectivity index (χ4v) is 2.19. The fourth-order valence-electron chi connectivity index (χ4n) is 2.19. The fraction of sp³-hybridized carbons (Fsp3) is 0.818. The molecule has 0 spiro atoms. The van der Waals surface area contributed by atoms with Gasteiger partial charge in [-0.2, -0.15) is 0 Å². The zero-order valence-corrected chi connectivity index (χ0v) is 9.44. The third kappa shape index (κ3) is 1.91. The molecule has 0 aromatic carbocycles. The molecular weight excluding hydrogens is 210 g/mol. The number of rotatable bonds is 3. The van der Waals surface area contributed by atoms with Crippen LogP contribution in [0.5, 0.6) is 0 Å². The first-order valence-corrected chi connectivity index (χ1v) is 5.73. The zero-order chi connectivity index (χ0) is 11.8. The van der Waals surface area contributed by atoms with Crippen LogP contribution in [0.25, 0.3) is 0 Å². The molecule has 0 aromatic heterocycles. The first kappa shape index (κ1) is 11.4. The molecule has 2 fully saturated rings. The summed E-state index contributed by atoms with van der Waals surface area (Å²) >= 11 is 0. The van der Waals surface area contributed by atoms with Crippen molar-refractivity contribution in [1.29, 1.82) is 0 Å². The van der Waals surface area contributed by atoms with Crippen molar-refractivity contribution < 1.29 is 19.4 Å². The minimum atomic E-state index is -0.987. The van der Waals surface area contributed by atoms with Gasteiger partial charge in [-0.05, 0) is 19.3 Å². The van der Waals surface area contributed by atoms with Gasteiger partial charge in [-0.15, -0.1) is 0 Å². The Morgan fingerprint density at radius 3 is 2.69 bits per heavy atom. The summed E-state index contributed by atoms with van der Waals surface area (Å²) in [5.41, 5.74) is -0.180. The van der Waals surface area contributed by atoms with Gasteiger partial charge in [-0.3, -0.25) is 4.79 Å². The number of aliphatic carboxylic acids is 1. The maximum atomic E-state index is 12.2. The molecule has 1 saturated carbocycles. The van der Waals surface area contributed by atoms with Crippen molar-refractivity contribution in [3.8, 4) is 0 Å². The van der Waals surface area contributed by atoms with E-state index in [1.165, 1.54) is 0 Å². The van der Waals surface area contributed by atoms with Gasteiger partial charge in [0.1, 0.15) is 0 Å². The summed E-state index contributed by atoms with van der Waals surface area (Å²) in [4.78, 5) is 24.6. The Bertz CT molecular complexity index is 311. The van der Waals surface area contributed by atoms with Gasteiger partial charge in [0.05, 0.1) is 13.2 Å². The van der Waals surface area contributed by atoms with Crippen LogP contribution < -0.4 is 0 Å². The van der Waals surface area contributed by atoms with Gasteiger partial charge < -0.3 is 14.7 Å². The average Bonchev–Trinajstić information content (AvgIpc) is 3.09. The number of amides is 1. The van der Waals surface area contributed by atoms with Crippen molar-refractivity contribution in [2.75, 3.05) is 19.7 Å². The zero-order valence-electron chi connectivity index (χ0n) is 9.44. The first-order chi connectivity index (χ1) is 7.59. The van der Waals surface area contributed by atoms with Crippen molar-refractivity contribution in [3.63, 3.8) is 0 Å². The molecule has 1 atom stereocenters. The Morgan fingerprint density at radius 2 is 2.19 bits per heavy atom. The Labute approximate surface area is 94.4 Å². The van der Waals surface area contributed by atoms with E-state index in [4.69, 9.17) is 9.84 Å². The SMILES string of the molecule is CCC1(C(=O)N2CCOC(C(=O)O)C2)CC1. The second kappa shape index (κ2) is 4.05. The molecule has 5 heteroatoms. The van der Waals surface area contributed by atoms with Gasteiger partial charge >= 0.3 is 5.97 Å². The molecular formula is C11H17NO4. The summed E-state index contributed by atoms with van der Waals surface area (Å²) in [7, 11) is 0. The van der Waals surface area contributed by atoms with Gasteiger partial charge in [0.25, 0.3) is 0 Å². The normalized spacial score (nSPS) is 27.6. The molecule has 1 heterocycles. The summed E-state index contributed by atoms with van der Waals surface area (Å²) in [6.45, 7) is 3.04. The number of ether oxygens (including phenoxy) is 1. The van der Waals surface area contributed by atoms with E-state index in [2.05, 4.69) is 0 Å². The van der Waals surface area contributed by atoms with E-state index in [0.29, 0.717) is 13.2 Å². The largest absolute Gasteiger partial charge is 0.479 e. The molecule has 1 N–H and O–H groups in total. The summed E-state index contributed by atoms with van der Waals surface area (Å²) < 4.78 is 5.09. The van der Waals surface area contributed by atoms with E-state index >= 15 is 0 Å². The predicted octanol–water partition coefficient (Wildman–Crippen LogP) is 0.489. The van der Waals surface area contributed by atoms with E-state index in [-0.39, 0.29) is 17.9 Å². The minimum absolute atomic E-state index is 0.115. The molecule has 2 rings (SSSR count). The van der Waals surface area contributed by atoms with Gasteiger partial charge in [0.2, 0.25) is 5.91 Å². The molecule has 5 nitrogen and oxygen atoms in total. The lowest BCUT2D eigenvalue weighted by atomic mass is 10.0. The van der Waals surface area contributed by atoms with Crippen molar-refractivity contribution in [2.24, 2.45) is 5.41 Å². The Morgan fingerprint density at radius 1 is 1.50 bits per heavy atom. The number of carbonyl (C=O) groups excluding carboxylic acids is 1. The van der Waals surface area contributed by atoms with Crippen molar-refractivity contribution in [3.05, 3.63) is 0 Å². The molecule has 0 bridgehead atoms. The monoisotopic (exact) mass is 227 g/mol. The number of morpholine rings is 1. The quantitative estimate of drug-likeness (QED) is 0.762. The van der Waals surface area contributed by atoms with Crippen LogP contribution in [0.1, 0.15) is 26.2 Å². The number of carboxylic acid groups (broad SMARTS) is 1. The van der Waals surface area contributed by atoms with E-state index in [1.807, 2.05) is 6.92 Å². The highest BCUT2D eigenvalue weighted by molar-refractivity contribution is 5.86. The van der Waals surface area contributed by atoms with E-state index in [9.17, 15) is 9.59 Å². The highest BCUT2D eigenvalue weighted by Gasteiger charge is 2.50. The van der Waals surface area contributed by atoms with Crippen LogP contribution in [-0.4, -0.2) is 47.7 Å². The lowest BCUT2D eigenvalue weighted by Crippen LogP contribution is -2.50. The van der Waals surface area contributed by atoms with Crippen LogP contribution in [0, 0.1) is 5.41 Å². The number of carbonyl (C=O) groups is 2. The third-order valence-corrected chi connectivity index (χ3v) is 3.61. The molecule has 90 valence electrons. The molecule has 2 aliphatic rings. The van der Waals surface area contributed by atoms with Gasteiger partial charge in [0.15, 0.2) is 6.10 Å². The second-order valence-corrected chi connectivity index (χ2v) is 4.58. The number of hydrogen-bond acceptors (Lipinski definition) is 3. The van der Waals surface area contributed by atoms with Crippen LogP contribution in [0.15, 0.2) is 0 Å². The third-order valence-electron chi connectivity index (χ3n) is 3.61. The van der Waals surface area contributed by atoms with Crippen LogP contribution in [0.3, 0.4) is 0 Å². The first-order valence-electron chi connectivity index (χ1n) is 5.73. The van der Waals surface area contributed by atoms with E-state index in [0.717, 1.165) is 19.3 Å². The molecule has 1 unspecified atom stereocenters. The van der Waals surface area contributed by atoms with Crippen LogP contribution >= 0.6 is 0 Å². The smallest absolute Gasteiger partial charge is 0.334 e. The lowest BCUT2D eigenvalue weighted by Gasteiger charge is -2.33. The van der Waals surface area contributed by atoms with Gasteiger partial charge in [0, 0.05) is 12.0 Å². The second-order valence-electron chi connectivity index (χ2n) is 4.58. The van der Waals surface area contributed by atoms with Gasteiger partial charge in [-0.1, -0.05) is 6.92 Å². The molecule has 1 saturated heterocycles. The van der Waals surface area contributed by atoms with Crippen molar-refractivity contribution >= 4 is 11.9 Å². The number of carboxylic acids is 1. The lowest BCUT2D eigenvalue weighted by molar-refractivity contribution is -0.161. The minimum Gasteiger partial charge on any atom is -0.479 e. The maximum Gasteiger partial charge on any atom is 0.334 e. The number of nitrogens with zero attached hydrogens (tertiary/aromatic N) is 1. The van der Waals surface area contributed by atoms with E-state index in [1.54, 1.807) is 4.90 Å². The van der Waals surface area contributed by atoms with Gasteiger partial charge in [-0.25, -0.2) is 4.79 Å². The summed E-state index contributed by atoms with van der Waals surface area (Å²) in [6.07, 6.45) is 1.88. The molecule has 1 amide bonds. The molecule has 1 aliphatic carbocycles. The summed E-state index contributed by atoms with van der Waals surface area (Å²) in [5.74, 6) is -0.872. The van der Waals surface area contributed by atoms with E-state index < -0.39 is 12.1 Å². The molecule has 16 heavy (non-hydrogen) atoms. The topological polar surface area (TPSA) is 66.8 Å². The predicted molar refractivity (Wildman–Crippen MR) is 55.9 cm³/mol. The van der Waals surface area contributed by atoms with Crippen LogP contribution in [-0.2, 0) is 14.3 Å². The summed E-state index contributed by atoms with van der Waals surface area (Å²) in [6, 6.07) is 0. The molecule has 1 aliphatic heterocycles. The number of hydrogen-bond donors (Lipinski definition) is 1. The Kier molecular flexibility index (Phi) is 2.88. The van der Waals surface area contributed by atoms with Crippen LogP contribution in [0.2, 0.25) is 0 Å². The average molecular weight is 227 g/mol. The Balaban J connectivity index is 1.99.